The van der Waals surface area contributed by atoms with Crippen LogP contribution < -0.4 is 10.6 Å². The second-order valence-electron chi connectivity index (χ2n) is 7.22. The van der Waals surface area contributed by atoms with E-state index in [0.29, 0.717) is 6.04 Å². The van der Waals surface area contributed by atoms with Crippen molar-refractivity contribution in [3.05, 3.63) is 34.9 Å². The summed E-state index contributed by atoms with van der Waals surface area (Å²) >= 11 is 6.05. The molecule has 0 radical (unpaired) electrons. The predicted octanol–water partition coefficient (Wildman–Crippen LogP) is 4.00. The Labute approximate surface area is 144 Å². The van der Waals surface area contributed by atoms with Gasteiger partial charge >= 0.3 is 0 Å². The lowest BCUT2D eigenvalue weighted by molar-refractivity contribution is -0.128. The van der Waals surface area contributed by atoms with E-state index in [-0.39, 0.29) is 17.4 Å². The molecule has 1 aliphatic heterocycles. The van der Waals surface area contributed by atoms with Gasteiger partial charge in [0, 0.05) is 17.0 Å². The minimum absolute atomic E-state index is 0.136. The fourth-order valence-corrected chi connectivity index (χ4v) is 4.24. The maximum Gasteiger partial charge on any atom is 0.223 e. The maximum absolute atomic E-state index is 12.9. The third-order valence-electron chi connectivity index (χ3n) is 5.46. The highest BCUT2D eigenvalue weighted by Gasteiger charge is 2.37. The molecule has 0 bridgehead atoms. The van der Waals surface area contributed by atoms with Crippen molar-refractivity contribution < 1.29 is 4.79 Å². The number of rotatable bonds is 3. The van der Waals surface area contributed by atoms with Crippen LogP contribution in [0.5, 0.6) is 0 Å². The molecule has 4 heteroatoms. The largest absolute Gasteiger partial charge is 0.346 e. The Morgan fingerprint density at radius 2 is 1.91 bits per heavy atom. The van der Waals surface area contributed by atoms with Gasteiger partial charge in [0.15, 0.2) is 0 Å². The summed E-state index contributed by atoms with van der Waals surface area (Å²) in [6, 6.07) is 8.47. The molecular formula is C19H27ClN2O. The molecule has 1 aromatic carbocycles. The summed E-state index contributed by atoms with van der Waals surface area (Å²) in [4.78, 5) is 12.9. The van der Waals surface area contributed by atoms with Gasteiger partial charge in [-0.15, -0.1) is 0 Å². The lowest BCUT2D eigenvalue weighted by Gasteiger charge is -2.40. The summed E-state index contributed by atoms with van der Waals surface area (Å²) in [7, 11) is 0. The number of hydrogen-bond acceptors (Lipinski definition) is 2. The summed E-state index contributed by atoms with van der Waals surface area (Å²) in [6.45, 7) is 3.10. The van der Waals surface area contributed by atoms with Gasteiger partial charge in [0.05, 0.1) is 5.54 Å². The molecule has 1 saturated heterocycles. The van der Waals surface area contributed by atoms with Crippen LogP contribution in [0.15, 0.2) is 24.3 Å². The van der Waals surface area contributed by atoms with E-state index < -0.39 is 0 Å². The number of carbonyl (C=O) groups is 1. The normalized spacial score (nSPS) is 27.4. The average molecular weight is 335 g/mol. The van der Waals surface area contributed by atoms with Crippen LogP contribution in [-0.2, 0) is 10.3 Å². The summed E-state index contributed by atoms with van der Waals surface area (Å²) in [5.41, 5.74) is 1.01. The first-order valence-electron chi connectivity index (χ1n) is 8.90. The third kappa shape index (κ3) is 3.89. The zero-order chi connectivity index (χ0) is 16.3. The van der Waals surface area contributed by atoms with Crippen LogP contribution in [-0.4, -0.2) is 18.5 Å². The van der Waals surface area contributed by atoms with Crippen LogP contribution in [0.3, 0.4) is 0 Å². The molecule has 126 valence electrons. The number of carbonyl (C=O) groups excluding carboxylic acids is 1. The van der Waals surface area contributed by atoms with Crippen molar-refractivity contribution in [3.63, 3.8) is 0 Å². The van der Waals surface area contributed by atoms with Crippen LogP contribution in [0.1, 0.15) is 57.4 Å². The van der Waals surface area contributed by atoms with Gasteiger partial charge in [0.1, 0.15) is 0 Å². The number of amides is 1. The van der Waals surface area contributed by atoms with Gasteiger partial charge in [-0.05, 0) is 56.8 Å². The van der Waals surface area contributed by atoms with Crippen LogP contribution >= 0.6 is 11.6 Å². The predicted molar refractivity (Wildman–Crippen MR) is 94.5 cm³/mol. The van der Waals surface area contributed by atoms with Crippen molar-refractivity contribution in [1.29, 1.82) is 0 Å². The highest BCUT2D eigenvalue weighted by atomic mass is 35.5. The smallest absolute Gasteiger partial charge is 0.223 e. The molecule has 2 N–H and O–H groups in total. The molecule has 2 fully saturated rings. The molecule has 2 atom stereocenters. The molecule has 1 aliphatic carbocycles. The summed E-state index contributed by atoms with van der Waals surface area (Å²) < 4.78 is 0. The fourth-order valence-electron chi connectivity index (χ4n) is 4.12. The van der Waals surface area contributed by atoms with Gasteiger partial charge in [-0.25, -0.2) is 0 Å². The average Bonchev–Trinajstić information content (AvgIpc) is 2.56. The van der Waals surface area contributed by atoms with Gasteiger partial charge in [-0.2, -0.15) is 0 Å². The van der Waals surface area contributed by atoms with E-state index in [1.807, 2.05) is 12.1 Å². The molecule has 0 spiro atoms. The Morgan fingerprint density at radius 3 is 2.57 bits per heavy atom. The molecule has 1 aromatic rings. The first-order valence-corrected chi connectivity index (χ1v) is 9.28. The Bertz CT molecular complexity index is 537. The van der Waals surface area contributed by atoms with E-state index in [1.54, 1.807) is 0 Å². The molecule has 3 nitrogen and oxygen atoms in total. The van der Waals surface area contributed by atoms with Crippen LogP contribution in [0.4, 0.5) is 0 Å². The lowest BCUT2D eigenvalue weighted by atomic mass is 9.76. The van der Waals surface area contributed by atoms with E-state index in [4.69, 9.17) is 11.6 Å². The summed E-state index contributed by atoms with van der Waals surface area (Å²) in [5.74, 6) is 0.368. The van der Waals surface area contributed by atoms with E-state index in [0.717, 1.165) is 37.3 Å². The number of nitrogens with one attached hydrogen (secondary N) is 2. The molecule has 1 saturated carbocycles. The van der Waals surface area contributed by atoms with Crippen molar-refractivity contribution in [2.24, 2.45) is 5.92 Å². The highest BCUT2D eigenvalue weighted by molar-refractivity contribution is 6.30. The number of piperidine rings is 1. The molecule has 0 unspecified atom stereocenters. The highest BCUT2D eigenvalue weighted by Crippen LogP contribution is 2.38. The number of halogens is 1. The monoisotopic (exact) mass is 334 g/mol. The lowest BCUT2D eigenvalue weighted by Crippen LogP contribution is -2.51. The van der Waals surface area contributed by atoms with Crippen LogP contribution in [0.2, 0.25) is 5.02 Å². The number of benzene rings is 1. The second kappa shape index (κ2) is 7.23. The molecule has 2 aliphatic rings. The molecular weight excluding hydrogens is 308 g/mol. The van der Waals surface area contributed by atoms with Gasteiger partial charge in [0.25, 0.3) is 0 Å². The SMILES string of the molecule is C[C@H]1C[C@@H](C(=O)NC2(c3ccc(Cl)cc3)CCCCC2)CCN1. The quantitative estimate of drug-likeness (QED) is 0.877. The van der Waals surface area contributed by atoms with E-state index >= 15 is 0 Å². The maximum atomic E-state index is 12.9. The minimum atomic E-state index is -0.200. The second-order valence-corrected chi connectivity index (χ2v) is 7.65. The van der Waals surface area contributed by atoms with Gasteiger partial charge < -0.3 is 10.6 Å². The van der Waals surface area contributed by atoms with Crippen LogP contribution in [0.25, 0.3) is 0 Å². The van der Waals surface area contributed by atoms with Crippen LogP contribution in [0, 0.1) is 5.92 Å². The summed E-state index contributed by atoms with van der Waals surface area (Å²) in [5, 5.41) is 7.62. The van der Waals surface area contributed by atoms with Gasteiger partial charge in [0.2, 0.25) is 5.91 Å². The standard InChI is InChI=1S/C19H27ClN2O/c1-14-13-15(9-12-21-14)18(23)22-19(10-3-2-4-11-19)16-5-7-17(20)8-6-16/h5-8,14-15,21H,2-4,9-13H2,1H3,(H,22,23)/t14-,15-/m0/s1. The van der Waals surface area contributed by atoms with E-state index in [1.165, 1.54) is 24.8 Å². The Balaban J connectivity index is 1.78. The van der Waals surface area contributed by atoms with Gasteiger partial charge in [-0.1, -0.05) is 43.0 Å². The van der Waals surface area contributed by atoms with Crippen molar-refractivity contribution >= 4 is 17.5 Å². The Kier molecular flexibility index (Phi) is 5.27. The Morgan fingerprint density at radius 1 is 1.22 bits per heavy atom. The molecule has 1 heterocycles. The zero-order valence-electron chi connectivity index (χ0n) is 13.9. The number of hydrogen-bond donors (Lipinski definition) is 2. The van der Waals surface area contributed by atoms with E-state index in [2.05, 4.69) is 29.7 Å². The molecule has 23 heavy (non-hydrogen) atoms. The topological polar surface area (TPSA) is 41.1 Å². The first kappa shape index (κ1) is 16.8. The van der Waals surface area contributed by atoms with Crippen molar-refractivity contribution in [1.82, 2.24) is 10.6 Å². The third-order valence-corrected chi connectivity index (χ3v) is 5.71. The first-order chi connectivity index (χ1) is 11.1. The minimum Gasteiger partial charge on any atom is -0.346 e. The molecule has 0 aromatic heterocycles. The molecule has 1 amide bonds. The van der Waals surface area contributed by atoms with E-state index in [9.17, 15) is 4.79 Å². The Hall–Kier alpha value is -1.06. The van der Waals surface area contributed by atoms with Gasteiger partial charge in [-0.3, -0.25) is 4.79 Å². The van der Waals surface area contributed by atoms with Crippen molar-refractivity contribution in [2.75, 3.05) is 6.54 Å². The summed E-state index contributed by atoms with van der Waals surface area (Å²) in [6.07, 6.45) is 7.53. The fraction of sp³-hybridized carbons (Fsp3) is 0.632. The molecule has 3 rings (SSSR count). The van der Waals surface area contributed by atoms with Crippen molar-refractivity contribution in [3.8, 4) is 0 Å². The zero-order valence-corrected chi connectivity index (χ0v) is 14.7. The van der Waals surface area contributed by atoms with Crippen molar-refractivity contribution in [2.45, 2.75) is 63.5 Å².